The molecule has 2 aromatic rings. The summed E-state index contributed by atoms with van der Waals surface area (Å²) in [5, 5.41) is 2.74. The van der Waals surface area contributed by atoms with Crippen molar-refractivity contribution >= 4 is 34.7 Å². The first-order valence-electron chi connectivity index (χ1n) is 10.8. The smallest absolute Gasteiger partial charge is 0.278 e. The lowest BCUT2D eigenvalue weighted by Gasteiger charge is -2.30. The third-order valence-electron chi connectivity index (χ3n) is 6.00. The van der Waals surface area contributed by atoms with Gasteiger partial charge < -0.3 is 10.2 Å². The summed E-state index contributed by atoms with van der Waals surface area (Å²) in [5.74, 6) is -0.627. The highest BCUT2D eigenvalue weighted by atomic mass is 16.2. The molecule has 0 bridgehead atoms. The van der Waals surface area contributed by atoms with Gasteiger partial charge in [-0.05, 0) is 42.7 Å². The van der Waals surface area contributed by atoms with Gasteiger partial charge in [0.25, 0.3) is 11.8 Å². The normalized spacial score (nSPS) is 17.3. The summed E-state index contributed by atoms with van der Waals surface area (Å²) >= 11 is 0. The van der Waals surface area contributed by atoms with Gasteiger partial charge in [0.05, 0.1) is 5.57 Å². The fourth-order valence-corrected chi connectivity index (χ4v) is 4.48. The molecule has 1 N–H and O–H groups in total. The van der Waals surface area contributed by atoms with Crippen LogP contribution in [0.3, 0.4) is 0 Å². The number of nitrogens with one attached hydrogen (secondary N) is 1. The molecule has 0 atom stereocenters. The SMILES string of the molecule is CC(=O)Nc1ccc(C2=C(N(C)c3ccccc3)C(=O)N(C3CCCCC3)C2=O)cc1. The number of carbonyl (C=O) groups excluding carboxylic acids is 3. The monoisotopic (exact) mass is 417 g/mol. The van der Waals surface area contributed by atoms with Crippen LogP contribution in [0.5, 0.6) is 0 Å². The molecule has 2 aromatic carbocycles. The van der Waals surface area contributed by atoms with E-state index >= 15 is 0 Å². The van der Waals surface area contributed by atoms with Gasteiger partial charge in [0.1, 0.15) is 5.70 Å². The number of imide groups is 1. The zero-order chi connectivity index (χ0) is 22.0. The summed E-state index contributed by atoms with van der Waals surface area (Å²) < 4.78 is 0. The van der Waals surface area contributed by atoms with E-state index in [1.165, 1.54) is 11.8 Å². The summed E-state index contributed by atoms with van der Waals surface area (Å²) in [6.07, 6.45) is 4.93. The quantitative estimate of drug-likeness (QED) is 0.741. The summed E-state index contributed by atoms with van der Waals surface area (Å²) in [6, 6.07) is 16.6. The van der Waals surface area contributed by atoms with Crippen molar-refractivity contribution < 1.29 is 14.4 Å². The van der Waals surface area contributed by atoms with Crippen molar-refractivity contribution in [1.82, 2.24) is 4.90 Å². The molecular formula is C25H27N3O3. The molecule has 31 heavy (non-hydrogen) atoms. The number of nitrogens with zero attached hydrogens (tertiary/aromatic N) is 2. The number of benzene rings is 2. The Kier molecular flexibility index (Phi) is 5.89. The fourth-order valence-electron chi connectivity index (χ4n) is 4.48. The number of rotatable bonds is 5. The molecule has 1 heterocycles. The van der Waals surface area contributed by atoms with Crippen LogP contribution in [-0.2, 0) is 14.4 Å². The Labute approximate surface area is 182 Å². The molecule has 160 valence electrons. The molecule has 6 nitrogen and oxygen atoms in total. The second kappa shape index (κ2) is 8.76. The molecule has 0 spiro atoms. The number of anilines is 2. The minimum atomic E-state index is -0.234. The first-order chi connectivity index (χ1) is 15.0. The van der Waals surface area contributed by atoms with Crippen molar-refractivity contribution in [2.75, 3.05) is 17.3 Å². The zero-order valence-electron chi connectivity index (χ0n) is 17.9. The average Bonchev–Trinajstić information content (AvgIpc) is 3.04. The molecule has 1 fully saturated rings. The summed E-state index contributed by atoms with van der Waals surface area (Å²) in [6.45, 7) is 1.45. The molecule has 6 heteroatoms. The number of amides is 3. The van der Waals surface area contributed by atoms with E-state index < -0.39 is 0 Å². The fraction of sp³-hybridized carbons (Fsp3) is 0.320. The van der Waals surface area contributed by atoms with Crippen LogP contribution in [-0.4, -0.2) is 35.7 Å². The van der Waals surface area contributed by atoms with Crippen molar-refractivity contribution in [2.24, 2.45) is 0 Å². The van der Waals surface area contributed by atoms with Gasteiger partial charge in [0.2, 0.25) is 5.91 Å². The molecular weight excluding hydrogens is 390 g/mol. The lowest BCUT2D eigenvalue weighted by atomic mass is 9.94. The van der Waals surface area contributed by atoms with Crippen LogP contribution in [0.15, 0.2) is 60.3 Å². The molecule has 1 aliphatic heterocycles. The Morgan fingerprint density at radius 1 is 0.935 bits per heavy atom. The minimum absolute atomic E-state index is 0.0518. The Morgan fingerprint density at radius 2 is 1.58 bits per heavy atom. The van der Waals surface area contributed by atoms with E-state index in [2.05, 4.69) is 5.32 Å². The topological polar surface area (TPSA) is 69.7 Å². The number of hydrogen-bond donors (Lipinski definition) is 1. The van der Waals surface area contributed by atoms with Crippen LogP contribution >= 0.6 is 0 Å². The average molecular weight is 418 g/mol. The van der Waals surface area contributed by atoms with Gasteiger partial charge in [-0.25, -0.2) is 0 Å². The van der Waals surface area contributed by atoms with Gasteiger partial charge in [-0.2, -0.15) is 0 Å². The maximum Gasteiger partial charge on any atom is 0.278 e. The standard InChI is InChI=1S/C25H27N3O3/c1-17(29)26-19-15-13-18(14-16-19)22-23(27(2)20-9-5-3-6-10-20)25(31)28(24(22)30)21-11-7-4-8-12-21/h3,5-6,9-10,13-16,21H,4,7-8,11-12H2,1-2H3,(H,26,29). The van der Waals surface area contributed by atoms with Gasteiger partial charge in [0.15, 0.2) is 0 Å². The van der Waals surface area contributed by atoms with Crippen LogP contribution in [0, 0.1) is 0 Å². The Hall–Kier alpha value is -3.41. The Morgan fingerprint density at radius 3 is 2.19 bits per heavy atom. The van der Waals surface area contributed by atoms with Crippen LogP contribution in [0.2, 0.25) is 0 Å². The highest BCUT2D eigenvalue weighted by Crippen LogP contribution is 2.37. The van der Waals surface area contributed by atoms with E-state index in [9.17, 15) is 14.4 Å². The second-order valence-electron chi connectivity index (χ2n) is 8.15. The summed E-state index contributed by atoms with van der Waals surface area (Å²) in [5.41, 5.74) is 2.97. The van der Waals surface area contributed by atoms with Gasteiger partial charge in [-0.3, -0.25) is 19.3 Å². The van der Waals surface area contributed by atoms with E-state index in [-0.39, 0.29) is 23.8 Å². The highest BCUT2D eigenvalue weighted by molar-refractivity contribution is 6.36. The first kappa shape index (κ1) is 20.8. The maximum atomic E-state index is 13.6. The molecule has 0 radical (unpaired) electrons. The molecule has 0 aromatic heterocycles. The van der Waals surface area contributed by atoms with Crippen molar-refractivity contribution in [3.05, 3.63) is 65.9 Å². The van der Waals surface area contributed by atoms with Gasteiger partial charge in [0, 0.05) is 31.4 Å². The minimum Gasteiger partial charge on any atom is -0.339 e. The predicted molar refractivity (Wildman–Crippen MR) is 121 cm³/mol. The highest BCUT2D eigenvalue weighted by Gasteiger charge is 2.44. The Balaban J connectivity index is 1.77. The van der Waals surface area contributed by atoms with Gasteiger partial charge in [-0.15, -0.1) is 0 Å². The predicted octanol–water partition coefficient (Wildman–Crippen LogP) is 4.19. The molecule has 1 saturated carbocycles. The van der Waals surface area contributed by atoms with E-state index in [4.69, 9.17) is 0 Å². The molecule has 2 aliphatic rings. The number of hydrogen-bond acceptors (Lipinski definition) is 4. The third kappa shape index (κ3) is 4.10. The van der Waals surface area contributed by atoms with Crippen molar-refractivity contribution in [3.63, 3.8) is 0 Å². The lowest BCUT2D eigenvalue weighted by Crippen LogP contribution is -2.43. The second-order valence-corrected chi connectivity index (χ2v) is 8.15. The summed E-state index contributed by atoms with van der Waals surface area (Å²) in [4.78, 5) is 41.8. The van der Waals surface area contributed by atoms with E-state index in [1.54, 1.807) is 29.2 Å². The van der Waals surface area contributed by atoms with E-state index in [0.717, 1.165) is 37.8 Å². The number of carbonyl (C=O) groups is 3. The van der Waals surface area contributed by atoms with Crippen molar-refractivity contribution in [1.29, 1.82) is 0 Å². The largest absolute Gasteiger partial charge is 0.339 e. The van der Waals surface area contributed by atoms with E-state index in [1.807, 2.05) is 37.4 Å². The Bertz CT molecular complexity index is 1020. The molecule has 0 saturated heterocycles. The van der Waals surface area contributed by atoms with Crippen LogP contribution in [0.4, 0.5) is 11.4 Å². The molecule has 1 aliphatic carbocycles. The van der Waals surface area contributed by atoms with Crippen LogP contribution in [0.1, 0.15) is 44.6 Å². The molecule has 3 amide bonds. The molecule has 0 unspecified atom stereocenters. The molecule has 4 rings (SSSR count). The number of likely N-dealkylation sites (N-methyl/N-ethyl adjacent to an activating group) is 1. The third-order valence-corrected chi connectivity index (χ3v) is 6.00. The zero-order valence-corrected chi connectivity index (χ0v) is 17.9. The van der Waals surface area contributed by atoms with Crippen LogP contribution < -0.4 is 10.2 Å². The first-order valence-corrected chi connectivity index (χ1v) is 10.8. The lowest BCUT2D eigenvalue weighted by molar-refractivity contribution is -0.140. The van der Waals surface area contributed by atoms with Crippen molar-refractivity contribution in [2.45, 2.75) is 45.1 Å². The van der Waals surface area contributed by atoms with Crippen LogP contribution in [0.25, 0.3) is 5.57 Å². The van der Waals surface area contributed by atoms with Crippen molar-refractivity contribution in [3.8, 4) is 0 Å². The maximum absolute atomic E-state index is 13.6. The van der Waals surface area contributed by atoms with Gasteiger partial charge in [-0.1, -0.05) is 49.6 Å². The number of para-hydroxylation sites is 1. The van der Waals surface area contributed by atoms with Gasteiger partial charge >= 0.3 is 0 Å². The van der Waals surface area contributed by atoms with E-state index in [0.29, 0.717) is 22.5 Å². The summed E-state index contributed by atoms with van der Waals surface area (Å²) in [7, 11) is 1.83.